The third-order valence-electron chi connectivity index (χ3n) is 13.7. The highest BCUT2D eigenvalue weighted by molar-refractivity contribution is 6.25. The Morgan fingerprint density at radius 1 is 0.978 bits per heavy atom. The molecule has 0 saturated heterocycles. The van der Waals surface area contributed by atoms with E-state index in [-0.39, 0.29) is 29.1 Å². The summed E-state index contributed by atoms with van der Waals surface area (Å²) in [6.45, 7) is 5.18. The van der Waals surface area contributed by atoms with Gasteiger partial charge in [-0.3, -0.25) is 24.1 Å². The van der Waals surface area contributed by atoms with Crippen molar-refractivity contribution in [1.82, 2.24) is 4.90 Å². The molecule has 1 aromatic carbocycles. The fourth-order valence-electron chi connectivity index (χ4n) is 12.0. The predicted octanol–water partition coefficient (Wildman–Crippen LogP) is 3.71. The SMILES string of the molecule is C[C@H]1c2cccc(O)c2C(O)=C2C(=O)[C@]3(O)C(O)=C(C(N)=O)C(=O)[C@@H](N(C)C)[C@]3(C)[C@@H](CC(=O)C34CC5CC(CC(C5)C3)C4)[C@@]21C. The van der Waals surface area contributed by atoms with Gasteiger partial charge in [0.25, 0.3) is 5.91 Å². The van der Waals surface area contributed by atoms with Crippen LogP contribution in [0.5, 0.6) is 5.75 Å². The zero-order valence-electron chi connectivity index (χ0n) is 27.1. The molecule has 5 saturated carbocycles. The number of ketones is 3. The average Bonchev–Trinajstić information content (AvgIpc) is 2.95. The summed E-state index contributed by atoms with van der Waals surface area (Å²) in [4.78, 5) is 58.2. The number of benzene rings is 1. The Morgan fingerprint density at radius 2 is 1.54 bits per heavy atom. The molecule has 0 heterocycles. The number of carbonyl (C=O) groups excluding carboxylic acids is 4. The molecule has 8 rings (SSSR count). The zero-order valence-corrected chi connectivity index (χ0v) is 27.1. The normalized spacial score (nSPS) is 42.7. The molecular formula is C36H44N2O8. The Labute approximate surface area is 268 Å². The van der Waals surface area contributed by atoms with Gasteiger partial charge in [-0.25, -0.2) is 0 Å². The first-order valence-corrected chi connectivity index (χ1v) is 16.5. The van der Waals surface area contributed by atoms with E-state index in [9.17, 15) is 39.6 Å². The van der Waals surface area contributed by atoms with Gasteiger partial charge in [-0.05, 0) is 93.8 Å². The highest BCUT2D eigenvalue weighted by Crippen LogP contribution is 2.70. The molecule has 10 nitrogen and oxygen atoms in total. The topological polar surface area (TPSA) is 178 Å². The van der Waals surface area contributed by atoms with Gasteiger partial charge in [0.15, 0.2) is 11.4 Å². The summed E-state index contributed by atoms with van der Waals surface area (Å²) in [6.07, 6.45) is 5.62. The number of phenolic OH excluding ortho intramolecular Hbond substituents is 1. The molecule has 0 aromatic heterocycles. The van der Waals surface area contributed by atoms with Crippen molar-refractivity contribution in [2.45, 2.75) is 83.3 Å². The Hall–Kier alpha value is -3.50. The molecule has 7 aliphatic carbocycles. The van der Waals surface area contributed by atoms with Crippen LogP contribution in [0.2, 0.25) is 0 Å². The number of fused-ring (bicyclic) bond motifs is 3. The molecule has 10 heteroatoms. The van der Waals surface area contributed by atoms with Gasteiger partial charge in [0.1, 0.15) is 28.6 Å². The number of phenols is 1. The van der Waals surface area contributed by atoms with Gasteiger partial charge in [-0.15, -0.1) is 0 Å². The third kappa shape index (κ3) is 3.49. The van der Waals surface area contributed by atoms with Gasteiger partial charge >= 0.3 is 0 Å². The van der Waals surface area contributed by atoms with Crippen LogP contribution in [0.25, 0.3) is 5.76 Å². The zero-order chi connectivity index (χ0) is 33.5. The fraction of sp³-hybridized carbons (Fsp3) is 0.611. The van der Waals surface area contributed by atoms with Crippen molar-refractivity contribution in [3.63, 3.8) is 0 Å². The number of amides is 1. The van der Waals surface area contributed by atoms with E-state index in [1.807, 2.05) is 6.92 Å². The molecule has 0 radical (unpaired) electrons. The lowest BCUT2D eigenvalue weighted by Gasteiger charge is -2.66. The van der Waals surface area contributed by atoms with Crippen LogP contribution >= 0.6 is 0 Å². The smallest absolute Gasteiger partial charge is 0.255 e. The summed E-state index contributed by atoms with van der Waals surface area (Å²) in [5, 5.41) is 47.2. The number of aromatic hydroxyl groups is 1. The lowest BCUT2D eigenvalue weighted by molar-refractivity contribution is -0.198. The number of likely N-dealkylation sites (N-methyl/N-ethyl adjacent to an activating group) is 1. The molecule has 6 atom stereocenters. The summed E-state index contributed by atoms with van der Waals surface area (Å²) >= 11 is 0. The maximum atomic E-state index is 15.0. The molecular weight excluding hydrogens is 588 g/mol. The van der Waals surface area contributed by atoms with E-state index >= 15 is 0 Å². The Morgan fingerprint density at radius 3 is 2.07 bits per heavy atom. The second-order valence-corrected chi connectivity index (χ2v) is 16.0. The molecule has 7 aliphatic rings. The van der Waals surface area contributed by atoms with Crippen LogP contribution in [-0.4, -0.2) is 74.3 Å². The lowest BCUT2D eigenvalue weighted by atomic mass is 9.38. The van der Waals surface area contributed by atoms with Crippen molar-refractivity contribution < 1.29 is 39.6 Å². The number of Topliss-reactive ketones (excluding diaryl/α,β-unsaturated/α-hetero) is 3. The lowest BCUT2D eigenvalue weighted by Crippen LogP contribution is -2.76. The van der Waals surface area contributed by atoms with Gasteiger partial charge < -0.3 is 26.2 Å². The van der Waals surface area contributed by atoms with Crippen LogP contribution in [0.4, 0.5) is 0 Å². The first-order valence-electron chi connectivity index (χ1n) is 16.5. The van der Waals surface area contributed by atoms with E-state index < -0.39 is 74.3 Å². The molecule has 0 unspecified atom stereocenters. The number of hydrogen-bond donors (Lipinski definition) is 5. The van der Waals surface area contributed by atoms with Crippen molar-refractivity contribution in [3.8, 4) is 5.75 Å². The first-order chi connectivity index (χ1) is 21.4. The van der Waals surface area contributed by atoms with Gasteiger partial charge in [0.05, 0.1) is 11.6 Å². The molecule has 1 amide bonds. The number of nitrogens with two attached hydrogens (primary N) is 1. The molecule has 5 fully saturated rings. The maximum absolute atomic E-state index is 15.0. The Balaban J connectivity index is 1.52. The number of hydrogen-bond acceptors (Lipinski definition) is 9. The van der Waals surface area contributed by atoms with Crippen LogP contribution < -0.4 is 5.73 Å². The summed E-state index contributed by atoms with van der Waals surface area (Å²) in [7, 11) is 3.17. The van der Waals surface area contributed by atoms with E-state index in [1.54, 1.807) is 40.1 Å². The largest absolute Gasteiger partial charge is 0.508 e. The van der Waals surface area contributed by atoms with Crippen molar-refractivity contribution in [2.24, 2.45) is 45.7 Å². The van der Waals surface area contributed by atoms with Gasteiger partial charge in [-0.2, -0.15) is 0 Å². The van der Waals surface area contributed by atoms with Crippen LogP contribution in [0.1, 0.15) is 82.8 Å². The van der Waals surface area contributed by atoms with E-state index in [1.165, 1.54) is 11.0 Å². The Kier molecular flexibility index (Phi) is 6.45. The molecule has 1 aromatic rings. The molecule has 246 valence electrons. The van der Waals surface area contributed by atoms with Crippen LogP contribution in [0.15, 0.2) is 35.1 Å². The van der Waals surface area contributed by atoms with Crippen molar-refractivity contribution in [2.75, 3.05) is 14.1 Å². The minimum atomic E-state index is -2.91. The standard InChI is InChI=1S/C36H44N2O8/c1-16-20-7-6-8-21(39)24(20)27(41)26-31(44)36(46)30(43)25(32(37)45)28(42)29(38(4)5)34(36,3)22(33(16,26)2)12-23(40)35-13-17-9-18(14-35)11-19(10-17)15-35/h6-8,16-19,22,29,39,41,43,46H,9-15H2,1-5H3,(H2,37,45)/t16-,17?,18?,19?,22-,29+,33-,34-,35?,36+/m0/s1. The van der Waals surface area contributed by atoms with Crippen molar-refractivity contribution in [3.05, 3.63) is 46.2 Å². The van der Waals surface area contributed by atoms with Crippen molar-refractivity contribution >= 4 is 29.0 Å². The van der Waals surface area contributed by atoms with Crippen molar-refractivity contribution in [1.29, 1.82) is 0 Å². The predicted molar refractivity (Wildman–Crippen MR) is 167 cm³/mol. The summed E-state index contributed by atoms with van der Waals surface area (Å²) in [6, 6.07) is 3.44. The molecule has 4 bridgehead atoms. The molecule has 6 N–H and O–H groups in total. The highest BCUT2D eigenvalue weighted by atomic mass is 16.3. The maximum Gasteiger partial charge on any atom is 0.255 e. The van der Waals surface area contributed by atoms with E-state index in [0.29, 0.717) is 23.3 Å². The number of aliphatic hydroxyl groups excluding tert-OH is 2. The molecule has 0 aliphatic heterocycles. The molecule has 0 spiro atoms. The summed E-state index contributed by atoms with van der Waals surface area (Å²) < 4.78 is 0. The van der Waals surface area contributed by atoms with Crippen LogP contribution in [0, 0.1) is 39.9 Å². The Bertz CT molecular complexity index is 1650. The molecule has 46 heavy (non-hydrogen) atoms. The summed E-state index contributed by atoms with van der Waals surface area (Å²) in [5.41, 5.74) is -1.62. The van der Waals surface area contributed by atoms with Gasteiger partial charge in [-0.1, -0.05) is 32.9 Å². The van der Waals surface area contributed by atoms with E-state index in [2.05, 4.69) is 0 Å². The quantitative estimate of drug-likeness (QED) is 0.303. The third-order valence-corrected chi connectivity index (χ3v) is 13.7. The number of aliphatic hydroxyl groups is 3. The fourth-order valence-corrected chi connectivity index (χ4v) is 12.0. The number of carbonyl (C=O) groups is 4. The summed E-state index contributed by atoms with van der Waals surface area (Å²) in [5.74, 6) is -5.36. The van der Waals surface area contributed by atoms with Crippen LogP contribution in [0.3, 0.4) is 0 Å². The monoisotopic (exact) mass is 632 g/mol. The highest BCUT2D eigenvalue weighted by Gasteiger charge is 2.77. The van der Waals surface area contributed by atoms with Gasteiger partial charge in [0.2, 0.25) is 5.78 Å². The number of rotatable bonds is 5. The minimum absolute atomic E-state index is 0.0117. The van der Waals surface area contributed by atoms with Crippen LogP contribution in [-0.2, 0) is 19.2 Å². The second kappa shape index (κ2) is 9.53. The van der Waals surface area contributed by atoms with Gasteiger partial charge in [0, 0.05) is 28.2 Å². The average molecular weight is 633 g/mol. The minimum Gasteiger partial charge on any atom is -0.508 e. The second-order valence-electron chi connectivity index (χ2n) is 16.0. The first kappa shape index (κ1) is 31.1. The van der Waals surface area contributed by atoms with E-state index in [4.69, 9.17) is 5.73 Å². The number of nitrogens with zero attached hydrogens (tertiary/aromatic N) is 1. The number of primary amides is 1. The van der Waals surface area contributed by atoms with E-state index in [0.717, 1.165) is 38.5 Å².